The molecule has 0 spiro atoms. The first-order valence-electron chi connectivity index (χ1n) is 4.94. The Kier molecular flexibility index (Phi) is 5.28. The number of hydrogen-bond acceptors (Lipinski definition) is 4. The maximum Gasteiger partial charge on any atom is 0.292 e. The van der Waals surface area contributed by atoms with Gasteiger partial charge in [0.15, 0.2) is 0 Å². The van der Waals surface area contributed by atoms with Crippen LogP contribution in [-0.2, 0) is 4.74 Å². The van der Waals surface area contributed by atoms with Crippen LogP contribution in [0.4, 0.5) is 20.2 Å². The normalized spacial score (nSPS) is 10.5. The number of nitrogens with one attached hydrogen (secondary N) is 1. The number of nitrogens with zero attached hydrogens (tertiary/aromatic N) is 1. The zero-order chi connectivity index (χ0) is 12.7. The molecule has 17 heavy (non-hydrogen) atoms. The van der Waals surface area contributed by atoms with Gasteiger partial charge in [-0.3, -0.25) is 10.1 Å². The number of nitro groups is 1. The van der Waals surface area contributed by atoms with Gasteiger partial charge in [-0.1, -0.05) is 12.1 Å². The van der Waals surface area contributed by atoms with Crippen LogP contribution in [0.15, 0.2) is 24.3 Å². The largest absolute Gasteiger partial charge is 0.377 e. The Morgan fingerprint density at radius 1 is 1.41 bits per heavy atom. The third kappa shape index (κ3) is 4.73. The fraction of sp³-hybridized carbons (Fsp3) is 0.400. The van der Waals surface area contributed by atoms with Gasteiger partial charge < -0.3 is 10.1 Å². The summed E-state index contributed by atoms with van der Waals surface area (Å²) in [4.78, 5) is 10.1. The molecule has 0 aliphatic carbocycles. The molecule has 0 aliphatic rings. The SMILES string of the molecule is O=[N+]([O-])c1ccccc1NCCOCC(F)F. The molecular weight excluding hydrogens is 234 g/mol. The Morgan fingerprint density at radius 3 is 2.76 bits per heavy atom. The fourth-order valence-corrected chi connectivity index (χ4v) is 1.21. The Bertz CT molecular complexity index is 374. The van der Waals surface area contributed by atoms with Crippen molar-refractivity contribution in [3.63, 3.8) is 0 Å². The standard InChI is InChI=1S/C10H12F2N2O3/c11-10(12)7-17-6-5-13-8-3-1-2-4-9(8)14(15)16/h1-4,10,13H,5-7H2. The molecule has 0 amide bonds. The third-order valence-electron chi connectivity index (χ3n) is 1.91. The molecule has 0 atom stereocenters. The number of nitro benzene ring substituents is 1. The van der Waals surface area contributed by atoms with Crippen molar-refractivity contribution in [1.29, 1.82) is 0 Å². The molecule has 7 heteroatoms. The van der Waals surface area contributed by atoms with Crippen LogP contribution in [-0.4, -0.2) is 31.1 Å². The average Bonchev–Trinajstić information content (AvgIpc) is 2.28. The van der Waals surface area contributed by atoms with Crippen LogP contribution in [0.1, 0.15) is 0 Å². The van der Waals surface area contributed by atoms with Gasteiger partial charge in [-0.2, -0.15) is 0 Å². The molecule has 1 aromatic carbocycles. The van der Waals surface area contributed by atoms with E-state index in [1.807, 2.05) is 0 Å². The second-order valence-electron chi connectivity index (χ2n) is 3.17. The summed E-state index contributed by atoms with van der Waals surface area (Å²) in [5, 5.41) is 13.4. The minimum absolute atomic E-state index is 0.0543. The minimum atomic E-state index is -2.50. The van der Waals surface area contributed by atoms with Crippen molar-refractivity contribution < 1.29 is 18.4 Å². The van der Waals surface area contributed by atoms with Crippen molar-refractivity contribution >= 4 is 11.4 Å². The summed E-state index contributed by atoms with van der Waals surface area (Å²) in [7, 11) is 0. The van der Waals surface area contributed by atoms with Gasteiger partial charge in [0.05, 0.1) is 11.5 Å². The molecule has 0 bridgehead atoms. The first-order valence-corrected chi connectivity index (χ1v) is 4.94. The van der Waals surface area contributed by atoms with Crippen LogP contribution in [0.2, 0.25) is 0 Å². The number of hydrogen-bond donors (Lipinski definition) is 1. The van der Waals surface area contributed by atoms with E-state index in [-0.39, 0.29) is 18.8 Å². The van der Waals surface area contributed by atoms with E-state index in [2.05, 4.69) is 10.1 Å². The van der Waals surface area contributed by atoms with Crippen LogP contribution in [0.5, 0.6) is 0 Å². The summed E-state index contributed by atoms with van der Waals surface area (Å²) in [6.07, 6.45) is -2.50. The summed E-state index contributed by atoms with van der Waals surface area (Å²) in [5.74, 6) is 0. The van der Waals surface area contributed by atoms with Gasteiger partial charge in [0.2, 0.25) is 0 Å². The smallest absolute Gasteiger partial charge is 0.292 e. The maximum absolute atomic E-state index is 11.7. The molecule has 0 saturated heterocycles. The highest BCUT2D eigenvalue weighted by Crippen LogP contribution is 2.22. The molecule has 0 aliphatic heterocycles. The molecule has 0 fully saturated rings. The van der Waals surface area contributed by atoms with Crippen LogP contribution >= 0.6 is 0 Å². The summed E-state index contributed by atoms with van der Waals surface area (Å²) in [5.41, 5.74) is 0.291. The van der Waals surface area contributed by atoms with Crippen LogP contribution < -0.4 is 5.32 Å². The molecular formula is C10H12F2N2O3. The van der Waals surface area contributed by atoms with E-state index in [0.717, 1.165) is 0 Å². The van der Waals surface area contributed by atoms with Gasteiger partial charge in [0.1, 0.15) is 12.3 Å². The summed E-state index contributed by atoms with van der Waals surface area (Å²) in [6, 6.07) is 6.11. The van der Waals surface area contributed by atoms with Gasteiger partial charge in [-0.05, 0) is 6.07 Å². The Balaban J connectivity index is 2.39. The molecule has 1 aromatic rings. The van der Waals surface area contributed by atoms with Gasteiger partial charge >= 0.3 is 0 Å². The zero-order valence-electron chi connectivity index (χ0n) is 8.94. The second kappa shape index (κ2) is 6.74. The summed E-state index contributed by atoms with van der Waals surface area (Å²) >= 11 is 0. The van der Waals surface area contributed by atoms with E-state index < -0.39 is 18.0 Å². The Morgan fingerprint density at radius 2 is 2.12 bits per heavy atom. The van der Waals surface area contributed by atoms with Crippen molar-refractivity contribution in [3.8, 4) is 0 Å². The van der Waals surface area contributed by atoms with Crippen molar-refractivity contribution in [3.05, 3.63) is 34.4 Å². The average molecular weight is 246 g/mol. The van der Waals surface area contributed by atoms with Gasteiger partial charge in [0, 0.05) is 12.6 Å². The number of anilines is 1. The third-order valence-corrected chi connectivity index (χ3v) is 1.91. The maximum atomic E-state index is 11.7. The van der Waals surface area contributed by atoms with E-state index in [4.69, 9.17) is 0 Å². The zero-order valence-corrected chi connectivity index (χ0v) is 8.94. The van der Waals surface area contributed by atoms with Gasteiger partial charge in [0.25, 0.3) is 12.1 Å². The molecule has 5 nitrogen and oxygen atoms in total. The number of alkyl halides is 2. The minimum Gasteiger partial charge on any atom is -0.377 e. The number of halogens is 2. The van der Waals surface area contributed by atoms with Crippen molar-refractivity contribution in [2.75, 3.05) is 25.1 Å². The lowest BCUT2D eigenvalue weighted by atomic mass is 10.2. The lowest BCUT2D eigenvalue weighted by Crippen LogP contribution is -2.13. The predicted molar refractivity (Wildman–Crippen MR) is 58.4 cm³/mol. The fourth-order valence-electron chi connectivity index (χ4n) is 1.21. The molecule has 0 radical (unpaired) electrons. The van der Waals surface area contributed by atoms with Crippen molar-refractivity contribution in [1.82, 2.24) is 0 Å². The summed E-state index contributed by atoms with van der Waals surface area (Å²) < 4.78 is 28.1. The van der Waals surface area contributed by atoms with Crippen LogP contribution in [0.25, 0.3) is 0 Å². The highest BCUT2D eigenvalue weighted by molar-refractivity contribution is 5.60. The second-order valence-corrected chi connectivity index (χ2v) is 3.17. The Labute approximate surface area is 96.5 Å². The quantitative estimate of drug-likeness (QED) is 0.455. The van der Waals surface area contributed by atoms with Gasteiger partial charge in [-0.15, -0.1) is 0 Å². The van der Waals surface area contributed by atoms with Crippen LogP contribution in [0.3, 0.4) is 0 Å². The molecule has 0 heterocycles. The van der Waals surface area contributed by atoms with E-state index in [9.17, 15) is 18.9 Å². The van der Waals surface area contributed by atoms with E-state index in [1.165, 1.54) is 6.07 Å². The monoisotopic (exact) mass is 246 g/mol. The Hall–Kier alpha value is -1.76. The van der Waals surface area contributed by atoms with Crippen LogP contribution in [0, 0.1) is 10.1 Å². The first kappa shape index (κ1) is 13.3. The molecule has 0 unspecified atom stereocenters. The topological polar surface area (TPSA) is 64.4 Å². The molecule has 94 valence electrons. The molecule has 0 aromatic heterocycles. The van der Waals surface area contributed by atoms with Crippen molar-refractivity contribution in [2.45, 2.75) is 6.43 Å². The number of benzene rings is 1. The lowest BCUT2D eigenvalue weighted by molar-refractivity contribution is -0.384. The predicted octanol–water partition coefficient (Wildman–Crippen LogP) is 2.29. The summed E-state index contributed by atoms with van der Waals surface area (Å²) in [6.45, 7) is -0.327. The van der Waals surface area contributed by atoms with E-state index in [0.29, 0.717) is 5.69 Å². The lowest BCUT2D eigenvalue weighted by Gasteiger charge is -2.07. The number of para-hydroxylation sites is 2. The van der Waals surface area contributed by atoms with E-state index in [1.54, 1.807) is 18.2 Å². The highest BCUT2D eigenvalue weighted by Gasteiger charge is 2.11. The molecule has 1 rings (SSSR count). The number of ether oxygens (including phenoxy) is 1. The van der Waals surface area contributed by atoms with Crippen molar-refractivity contribution in [2.24, 2.45) is 0 Å². The molecule has 0 saturated carbocycles. The van der Waals surface area contributed by atoms with Gasteiger partial charge in [-0.25, -0.2) is 8.78 Å². The number of rotatable bonds is 7. The highest BCUT2D eigenvalue weighted by atomic mass is 19.3. The first-order chi connectivity index (χ1) is 8.11. The van der Waals surface area contributed by atoms with E-state index >= 15 is 0 Å². The molecule has 1 N–H and O–H groups in total.